The van der Waals surface area contributed by atoms with Crippen molar-refractivity contribution >= 4 is 332 Å². The Morgan fingerprint density at radius 3 is 1.23 bits per heavy atom. The van der Waals surface area contributed by atoms with Crippen LogP contribution in [0.4, 0.5) is 22.7 Å². The van der Waals surface area contributed by atoms with Crippen LogP contribution in [0, 0.1) is 41.5 Å². The number of aryl methyl sites for hydroxylation is 6. The molecule has 0 bridgehead atoms. The molecule has 3 nitrogen and oxygen atoms in total. The molecule has 0 spiro atoms. The van der Waals surface area contributed by atoms with Gasteiger partial charge in [-0.05, 0) is 205 Å². The van der Waals surface area contributed by atoms with Gasteiger partial charge in [-0.3, -0.25) is 0 Å². The van der Waals surface area contributed by atoms with E-state index in [1.807, 2.05) is 6.07 Å². The van der Waals surface area contributed by atoms with E-state index in [-0.39, 0.29) is 53.5 Å². The van der Waals surface area contributed by atoms with E-state index in [0.717, 1.165) is 11.4 Å². The molecule has 2 aliphatic heterocycles. The normalized spacial score (nSPS) is 21.7. The Morgan fingerprint density at radius 2 is 0.781 bits per heavy atom. The second-order valence-corrected chi connectivity index (χ2v) is 481. The van der Waals surface area contributed by atoms with Crippen LogP contribution in [0.15, 0.2) is 158 Å². The van der Waals surface area contributed by atoms with Crippen molar-refractivity contribution in [3.8, 4) is 16.8 Å². The zero-order valence-corrected chi connectivity index (χ0v) is 100. The summed E-state index contributed by atoms with van der Waals surface area (Å²) in [5.41, 5.74) is 26.3. The Labute approximate surface area is 723 Å². The first-order valence-electron chi connectivity index (χ1n) is 30.8. The van der Waals surface area contributed by atoms with E-state index in [9.17, 15) is 0 Å². The van der Waals surface area contributed by atoms with Crippen LogP contribution in [-0.2, 0) is 17.3 Å². The van der Waals surface area contributed by atoms with Crippen molar-refractivity contribution in [1.82, 2.24) is 4.57 Å². The molecule has 0 N–H and O–H groups in total. The van der Waals surface area contributed by atoms with Crippen LogP contribution >= 0.6 is 287 Å². The fourth-order valence-corrected chi connectivity index (χ4v) is 3160. The van der Waals surface area contributed by atoms with Gasteiger partial charge in [-0.1, -0.05) is 158 Å². The van der Waals surface area contributed by atoms with Gasteiger partial charge in [0.15, 0.2) is 0 Å². The Balaban J connectivity index is 0.000000138. The number of anilines is 4. The van der Waals surface area contributed by atoms with Crippen LogP contribution in [0.2, 0.25) is 5.02 Å². The van der Waals surface area contributed by atoms with Crippen LogP contribution in [0.3, 0.4) is 0 Å². The number of hydrogen-bond donors (Lipinski definition) is 0. The summed E-state index contributed by atoms with van der Waals surface area (Å²) in [5, 5.41) is 3.49. The van der Waals surface area contributed by atoms with Gasteiger partial charge < -0.3 is 14.4 Å². The zero-order valence-electron chi connectivity index (χ0n) is 54.0. The molecule has 1 aromatic heterocycles. The molecule has 3 aliphatic carbocycles. The number of para-hydroxylation sites is 2. The topological polar surface area (TPSA) is 11.4 Å². The Bertz CT molecular complexity index is 4200. The SMILES string of the molecule is Cc1cc(Cl)cc(N2c3ccccc3C3(C)CCCCC23C)c1.Cc1cc(N2c3ccccc3C3(C)CCCCC23C)cc(-n2c3ccc(C)cc3c3cc(C)ccc32)c1.Cc1ccc2c(c1)-c1cc(C)ccc1C2.I[I-]I(I)I(I)I(I)I(I)I(I)I(I)I(I)I(I)I(I)I. The molecule has 0 amide bonds. The molecular formula is C71H74ClI21N3-. The second-order valence-electron chi connectivity index (χ2n) is 25.7. The van der Waals surface area contributed by atoms with E-state index < -0.39 is 39.5 Å². The minimum atomic E-state index is -0.439. The molecule has 4 unspecified atom stereocenters. The summed E-state index contributed by atoms with van der Waals surface area (Å²) in [7, 11) is -3.51. The predicted molar refractivity (Wildman–Crippen MR) is 601 cm³/mol. The molecule has 5 aliphatic rings. The first-order valence-corrected chi connectivity index (χ1v) is 157. The summed E-state index contributed by atoms with van der Waals surface area (Å²) < 4.78 is 2.48. The second kappa shape index (κ2) is 37.6. The maximum atomic E-state index is 6.38. The molecule has 0 radical (unpaired) electrons. The van der Waals surface area contributed by atoms with E-state index in [1.165, 1.54) is 168 Å². The van der Waals surface area contributed by atoms with Crippen molar-refractivity contribution in [2.45, 2.75) is 149 Å². The number of hydrogen-bond acceptors (Lipinski definition) is 2. The summed E-state index contributed by atoms with van der Waals surface area (Å²) in [5.74, 6) is 0. The van der Waals surface area contributed by atoms with E-state index in [4.69, 9.17) is 11.6 Å². The molecular weight excluding hydrogens is 3600 g/mol. The fraction of sp³-hybridized carbons (Fsp3) is 0.324. The average molecular weight is 3670 g/mol. The van der Waals surface area contributed by atoms with Gasteiger partial charge in [0.2, 0.25) is 0 Å². The number of benzene rings is 8. The number of halogens is 22. The Kier molecular flexibility index (Phi) is 33.5. The van der Waals surface area contributed by atoms with Gasteiger partial charge >= 0.3 is 289 Å². The number of nitrogens with zero attached hydrogens (tertiary/aromatic N) is 3. The number of rotatable bonds is 12. The predicted octanol–water partition coefficient (Wildman–Crippen LogP) is 34.4. The van der Waals surface area contributed by atoms with Crippen molar-refractivity contribution in [2.24, 2.45) is 0 Å². The molecule has 2 fully saturated rings. The molecule has 14 rings (SSSR count). The third-order valence-electron chi connectivity index (χ3n) is 19.8. The summed E-state index contributed by atoms with van der Waals surface area (Å²) in [4.78, 5) is 5.26. The Morgan fingerprint density at radius 1 is 0.396 bits per heavy atom. The van der Waals surface area contributed by atoms with Crippen molar-refractivity contribution < 1.29 is 13.3 Å². The van der Waals surface area contributed by atoms with E-state index in [1.54, 1.807) is 0 Å². The molecule has 0 saturated heterocycles. The number of aromatic nitrogens is 1. The van der Waals surface area contributed by atoms with Crippen molar-refractivity contribution in [3.63, 3.8) is 0 Å². The standard InChI is InChI=1S/C35H36N2.C21H24ClN.C15H14.I21/c1-23-12-14-31-28(20-23)29-21-24(2)13-15-32(29)36(31)26-18-25(3)19-27(22-26)37-33-11-7-6-10-30(33)34(4)16-8-9-17-35(34,37)5;1-15-12-16(22)14-17(13-15)23-19-9-5-4-8-18(19)20(2)10-6-7-11-21(20,23)3;1-10-3-5-12-9-13-6-4-11(2)8-15(13)14(12)7-10;1-12-14(4)16(6)18(8)20(10)21(11)19(9)17(7)15(5)13(2)3/h6-7,10-15,18-22H,8-9,16-17H2,1-5H3;4-5,8-9,12-14H,6-7,10-11H2,1-3H3;3-8H,9H2,1-2H3;/q;;;-1. The molecule has 25 heteroatoms. The molecule has 9 aromatic rings. The molecule has 2 saturated carbocycles. The van der Waals surface area contributed by atoms with Gasteiger partial charge in [-0.2, -0.15) is 0 Å². The first kappa shape index (κ1) is 85.7. The van der Waals surface area contributed by atoms with Gasteiger partial charge in [0.25, 0.3) is 0 Å². The Hall–Kier alpha value is 8.78. The van der Waals surface area contributed by atoms with Crippen molar-refractivity contribution in [3.05, 3.63) is 218 Å². The van der Waals surface area contributed by atoms with Gasteiger partial charge in [-0.25, -0.2) is 0 Å². The monoisotopic (exact) mass is 3670 g/mol. The molecule has 528 valence electrons. The fourth-order valence-electron chi connectivity index (χ4n) is 15.2. The van der Waals surface area contributed by atoms with Crippen LogP contribution in [-0.4, -0.2) is 15.6 Å². The van der Waals surface area contributed by atoms with E-state index in [0.29, 0.717) is 13.3 Å². The first-order chi connectivity index (χ1) is 45.5. The van der Waals surface area contributed by atoms with Crippen LogP contribution in [0.25, 0.3) is 38.6 Å². The van der Waals surface area contributed by atoms with E-state index >= 15 is 0 Å². The number of fused-ring (bicyclic) bond motifs is 12. The molecule has 4 atom stereocenters. The third kappa shape index (κ3) is 18.4. The summed E-state index contributed by atoms with van der Waals surface area (Å²) in [6, 6.07) is 59.1. The average Bonchev–Trinajstić information content (AvgIpc) is 1.48. The third-order valence-corrected chi connectivity index (χ3v) is 1420. The summed E-state index contributed by atoms with van der Waals surface area (Å²) >= 11 is 40.6. The zero-order chi connectivity index (χ0) is 69.1. The quantitative estimate of drug-likeness (QED) is 0.113. The van der Waals surface area contributed by atoms with Crippen LogP contribution in [0.5, 0.6) is 0 Å². The molecule has 96 heavy (non-hydrogen) atoms. The van der Waals surface area contributed by atoms with Gasteiger partial charge in [0.05, 0.1) is 22.1 Å². The van der Waals surface area contributed by atoms with Gasteiger partial charge in [0.1, 0.15) is 0 Å². The molecule has 8 aromatic carbocycles. The molecule has 3 heterocycles. The maximum absolute atomic E-state index is 6.38. The minimum absolute atomic E-state index is 0.0645. The van der Waals surface area contributed by atoms with Crippen LogP contribution < -0.4 is 23.1 Å². The van der Waals surface area contributed by atoms with Crippen molar-refractivity contribution in [1.29, 1.82) is 0 Å². The summed E-state index contributed by atoms with van der Waals surface area (Å²) in [6.07, 6.45) is 11.3. The van der Waals surface area contributed by atoms with Gasteiger partial charge in [0, 0.05) is 55.1 Å². The van der Waals surface area contributed by atoms with Crippen molar-refractivity contribution in [2.75, 3.05) is 9.80 Å². The summed E-state index contributed by atoms with van der Waals surface area (Å²) in [6.45, 7) is 23.0. The van der Waals surface area contributed by atoms with Crippen LogP contribution in [0.1, 0.15) is 135 Å². The van der Waals surface area contributed by atoms with Gasteiger partial charge in [-0.15, -0.1) is 0 Å². The van der Waals surface area contributed by atoms with E-state index in [2.05, 4.69) is 440 Å².